The monoisotopic (exact) mass is 421 g/mol. The standard InChI is InChI=1S/C23H27N5O3/c1-3-24-23(31)21-12-19(10-11-25-21)22(30)27-16(2)4-5-18-13-26-28(15-18)14-17-6-8-20(29)9-7-17/h4-13,15-16,22,27,29-30H,3,14H2,1-2H3,(H,24,31)/b5-4+/t16-,22?/m0/s1. The van der Waals surface area contributed by atoms with Crippen molar-refractivity contribution in [2.75, 3.05) is 6.54 Å². The number of nitrogens with one attached hydrogen (secondary N) is 2. The van der Waals surface area contributed by atoms with Crippen molar-refractivity contribution in [2.45, 2.75) is 32.7 Å². The second-order valence-corrected chi connectivity index (χ2v) is 7.19. The molecular weight excluding hydrogens is 394 g/mol. The van der Waals surface area contributed by atoms with Crippen LogP contribution in [-0.4, -0.2) is 43.5 Å². The summed E-state index contributed by atoms with van der Waals surface area (Å²) in [5, 5.41) is 30.0. The van der Waals surface area contributed by atoms with E-state index < -0.39 is 6.23 Å². The second-order valence-electron chi connectivity index (χ2n) is 7.19. The van der Waals surface area contributed by atoms with E-state index >= 15 is 0 Å². The van der Waals surface area contributed by atoms with Crippen molar-refractivity contribution in [2.24, 2.45) is 0 Å². The van der Waals surface area contributed by atoms with Crippen LogP contribution >= 0.6 is 0 Å². The fourth-order valence-electron chi connectivity index (χ4n) is 2.99. The van der Waals surface area contributed by atoms with Crippen LogP contribution in [0.15, 0.2) is 61.1 Å². The summed E-state index contributed by atoms with van der Waals surface area (Å²) >= 11 is 0. The van der Waals surface area contributed by atoms with Gasteiger partial charge in [0, 0.05) is 30.5 Å². The van der Waals surface area contributed by atoms with Gasteiger partial charge in [0.25, 0.3) is 5.91 Å². The maximum atomic E-state index is 11.9. The number of phenols is 1. The van der Waals surface area contributed by atoms with E-state index in [1.165, 1.54) is 6.20 Å². The van der Waals surface area contributed by atoms with E-state index in [-0.39, 0.29) is 23.4 Å². The molecule has 2 heterocycles. The highest BCUT2D eigenvalue weighted by atomic mass is 16.3. The first-order valence-corrected chi connectivity index (χ1v) is 10.1. The minimum Gasteiger partial charge on any atom is -0.508 e. The Labute approximate surface area is 181 Å². The smallest absolute Gasteiger partial charge is 0.269 e. The minimum absolute atomic E-state index is 0.128. The Hall–Kier alpha value is -3.49. The molecule has 2 atom stereocenters. The molecule has 0 aliphatic rings. The molecule has 0 saturated carbocycles. The number of aliphatic hydroxyl groups excluding tert-OH is 1. The molecule has 3 rings (SSSR count). The van der Waals surface area contributed by atoms with Crippen LogP contribution < -0.4 is 10.6 Å². The minimum atomic E-state index is -0.937. The van der Waals surface area contributed by atoms with Crippen LogP contribution in [0.2, 0.25) is 0 Å². The van der Waals surface area contributed by atoms with E-state index in [0.717, 1.165) is 11.1 Å². The van der Waals surface area contributed by atoms with Gasteiger partial charge in [-0.3, -0.25) is 19.8 Å². The highest BCUT2D eigenvalue weighted by molar-refractivity contribution is 5.92. The fourth-order valence-corrected chi connectivity index (χ4v) is 2.99. The average Bonchev–Trinajstić information content (AvgIpc) is 3.21. The van der Waals surface area contributed by atoms with Crippen molar-refractivity contribution >= 4 is 12.0 Å². The molecule has 2 aromatic heterocycles. The van der Waals surface area contributed by atoms with Gasteiger partial charge in [-0.25, -0.2) is 0 Å². The third-order valence-electron chi connectivity index (χ3n) is 4.60. The molecule has 0 saturated heterocycles. The van der Waals surface area contributed by atoms with Gasteiger partial charge in [-0.05, 0) is 49.2 Å². The number of carbonyl (C=O) groups excluding carboxylic acids is 1. The van der Waals surface area contributed by atoms with Gasteiger partial charge in [0.15, 0.2) is 0 Å². The predicted octanol–water partition coefficient (Wildman–Crippen LogP) is 2.46. The van der Waals surface area contributed by atoms with E-state index in [4.69, 9.17) is 0 Å². The van der Waals surface area contributed by atoms with Gasteiger partial charge in [-0.2, -0.15) is 5.10 Å². The van der Waals surface area contributed by atoms with Gasteiger partial charge in [-0.1, -0.05) is 24.3 Å². The largest absolute Gasteiger partial charge is 0.508 e. The maximum Gasteiger partial charge on any atom is 0.269 e. The summed E-state index contributed by atoms with van der Waals surface area (Å²) < 4.78 is 1.82. The topological polar surface area (TPSA) is 112 Å². The highest BCUT2D eigenvalue weighted by Gasteiger charge is 2.13. The van der Waals surface area contributed by atoms with Gasteiger partial charge >= 0.3 is 0 Å². The summed E-state index contributed by atoms with van der Waals surface area (Å²) in [6.45, 7) is 4.88. The van der Waals surface area contributed by atoms with Crippen molar-refractivity contribution in [3.05, 3.63) is 83.4 Å². The molecule has 1 amide bonds. The van der Waals surface area contributed by atoms with Crippen molar-refractivity contribution in [3.63, 3.8) is 0 Å². The number of pyridine rings is 1. The number of phenolic OH excluding ortho intramolecular Hbond substituents is 1. The molecule has 1 unspecified atom stereocenters. The maximum absolute atomic E-state index is 11.9. The van der Waals surface area contributed by atoms with Gasteiger partial charge in [0.1, 0.15) is 17.7 Å². The molecule has 3 aromatic rings. The molecule has 0 fully saturated rings. The van der Waals surface area contributed by atoms with Crippen molar-refractivity contribution in [1.29, 1.82) is 0 Å². The lowest BCUT2D eigenvalue weighted by atomic mass is 10.1. The van der Waals surface area contributed by atoms with E-state index in [1.807, 2.05) is 49.0 Å². The van der Waals surface area contributed by atoms with Crippen LogP contribution in [-0.2, 0) is 6.54 Å². The van der Waals surface area contributed by atoms with Crippen molar-refractivity contribution in [3.8, 4) is 5.75 Å². The van der Waals surface area contributed by atoms with E-state index in [2.05, 4.69) is 20.7 Å². The lowest BCUT2D eigenvalue weighted by Gasteiger charge is -2.17. The Morgan fingerprint density at radius 1 is 1.26 bits per heavy atom. The SMILES string of the molecule is CCNC(=O)c1cc(C(O)N[C@@H](C)/C=C/c2cnn(Cc3ccc(O)cc3)c2)ccn1. The Balaban J connectivity index is 1.56. The zero-order chi connectivity index (χ0) is 22.2. The zero-order valence-corrected chi connectivity index (χ0v) is 17.6. The number of nitrogens with zero attached hydrogens (tertiary/aromatic N) is 3. The molecule has 8 nitrogen and oxygen atoms in total. The number of aromatic hydroxyl groups is 1. The van der Waals surface area contributed by atoms with Crippen LogP contribution in [0, 0.1) is 0 Å². The van der Waals surface area contributed by atoms with Gasteiger partial charge in [-0.15, -0.1) is 0 Å². The Kier molecular flexibility index (Phi) is 7.53. The summed E-state index contributed by atoms with van der Waals surface area (Å²) in [7, 11) is 0. The molecule has 0 spiro atoms. The van der Waals surface area contributed by atoms with Crippen molar-refractivity contribution in [1.82, 2.24) is 25.4 Å². The molecule has 8 heteroatoms. The molecule has 0 bridgehead atoms. The summed E-state index contributed by atoms with van der Waals surface area (Å²) in [5.74, 6) is -0.0301. The van der Waals surface area contributed by atoms with Crippen LogP contribution in [0.4, 0.5) is 0 Å². The van der Waals surface area contributed by atoms with Crippen LogP contribution in [0.3, 0.4) is 0 Å². The zero-order valence-electron chi connectivity index (χ0n) is 17.6. The normalized spacial score (nSPS) is 13.3. The number of hydrogen-bond donors (Lipinski definition) is 4. The number of benzene rings is 1. The van der Waals surface area contributed by atoms with Gasteiger partial charge < -0.3 is 15.5 Å². The van der Waals surface area contributed by atoms with Crippen molar-refractivity contribution < 1.29 is 15.0 Å². The first-order valence-electron chi connectivity index (χ1n) is 10.1. The van der Waals surface area contributed by atoms with Gasteiger partial charge in [0.2, 0.25) is 0 Å². The molecule has 0 aliphatic carbocycles. The summed E-state index contributed by atoms with van der Waals surface area (Å²) in [5.41, 5.74) is 2.81. The Morgan fingerprint density at radius 3 is 2.77 bits per heavy atom. The number of aliphatic hydroxyl groups is 1. The van der Waals surface area contributed by atoms with Gasteiger partial charge in [0.05, 0.1) is 12.7 Å². The average molecular weight is 422 g/mol. The van der Waals surface area contributed by atoms with Crippen LogP contribution in [0.5, 0.6) is 5.75 Å². The lowest BCUT2D eigenvalue weighted by molar-refractivity contribution is 0.0950. The lowest BCUT2D eigenvalue weighted by Crippen LogP contribution is -2.29. The molecule has 0 radical (unpaired) electrons. The summed E-state index contributed by atoms with van der Waals surface area (Å²) in [6, 6.07) is 10.1. The Bertz CT molecular complexity index is 1030. The molecule has 162 valence electrons. The van der Waals surface area contributed by atoms with E-state index in [1.54, 1.807) is 30.5 Å². The number of aromatic nitrogens is 3. The molecule has 0 aliphatic heterocycles. The van der Waals surface area contributed by atoms with E-state index in [0.29, 0.717) is 18.7 Å². The highest BCUT2D eigenvalue weighted by Crippen LogP contribution is 2.13. The first kappa shape index (κ1) is 22.2. The third-order valence-corrected chi connectivity index (χ3v) is 4.60. The first-order chi connectivity index (χ1) is 14.9. The number of amides is 1. The third kappa shape index (κ3) is 6.50. The number of carbonyl (C=O) groups is 1. The van der Waals surface area contributed by atoms with Crippen LogP contribution in [0.25, 0.3) is 6.08 Å². The van der Waals surface area contributed by atoms with Crippen LogP contribution in [0.1, 0.15) is 47.3 Å². The van der Waals surface area contributed by atoms with E-state index in [9.17, 15) is 15.0 Å². The number of hydrogen-bond acceptors (Lipinski definition) is 6. The molecule has 4 N–H and O–H groups in total. The second kappa shape index (κ2) is 10.5. The summed E-state index contributed by atoms with van der Waals surface area (Å²) in [6.07, 6.45) is 8.12. The molecule has 31 heavy (non-hydrogen) atoms. The number of rotatable bonds is 9. The Morgan fingerprint density at radius 2 is 2.03 bits per heavy atom. The predicted molar refractivity (Wildman–Crippen MR) is 118 cm³/mol. The quantitative estimate of drug-likeness (QED) is 0.395. The molecule has 1 aromatic carbocycles. The fraction of sp³-hybridized carbons (Fsp3) is 0.261. The molecular formula is C23H27N5O3. The summed E-state index contributed by atoms with van der Waals surface area (Å²) in [4.78, 5) is 16.0.